The van der Waals surface area contributed by atoms with Gasteiger partial charge in [0.25, 0.3) is 0 Å². The van der Waals surface area contributed by atoms with E-state index in [4.69, 9.17) is 9.47 Å². The molecule has 1 amide bonds. The number of unbranched alkanes of at least 4 members (excludes halogenated alkanes) is 41. The van der Waals surface area contributed by atoms with Gasteiger partial charge in [0.15, 0.2) is 6.29 Å². The van der Waals surface area contributed by atoms with Gasteiger partial charge in [-0.3, -0.25) is 4.79 Å². The first-order valence-electron chi connectivity index (χ1n) is 31.6. The molecule has 9 atom stereocenters. The molecule has 0 radical (unpaired) electrons. The van der Waals surface area contributed by atoms with E-state index in [1.165, 1.54) is 231 Å². The third kappa shape index (κ3) is 39.8. The molecule has 0 aromatic rings. The van der Waals surface area contributed by atoms with Gasteiger partial charge in [-0.05, 0) is 38.5 Å². The van der Waals surface area contributed by atoms with Gasteiger partial charge in [-0.25, -0.2) is 0 Å². The van der Waals surface area contributed by atoms with Crippen LogP contribution in [-0.4, -0.2) is 110 Å². The van der Waals surface area contributed by atoms with Gasteiger partial charge in [-0.1, -0.05) is 283 Å². The van der Waals surface area contributed by atoms with Crippen molar-refractivity contribution in [2.24, 2.45) is 0 Å². The van der Waals surface area contributed by atoms with E-state index >= 15 is 0 Å². The largest absolute Gasteiger partial charge is 0.394 e. The van der Waals surface area contributed by atoms with Gasteiger partial charge in [0, 0.05) is 0 Å². The molecule has 0 aromatic carbocycles. The summed E-state index contributed by atoms with van der Waals surface area (Å²) in [6.07, 6.45) is 50.2. The minimum atomic E-state index is -1.66. The molecule has 11 heteroatoms. The first kappa shape index (κ1) is 69.9. The van der Waals surface area contributed by atoms with Crippen molar-refractivity contribution >= 4 is 5.91 Å². The van der Waals surface area contributed by atoms with E-state index in [-0.39, 0.29) is 12.8 Å². The molecule has 1 rings (SSSR count). The van der Waals surface area contributed by atoms with Gasteiger partial charge in [-0.15, -0.1) is 0 Å². The van der Waals surface area contributed by atoms with Crippen LogP contribution in [0.2, 0.25) is 0 Å². The maximum atomic E-state index is 13.2. The normalized spacial score (nSPS) is 19.9. The summed E-state index contributed by atoms with van der Waals surface area (Å²) in [7, 11) is 0. The summed E-state index contributed by atoms with van der Waals surface area (Å²) >= 11 is 0. The number of ether oxygens (including phenoxy) is 2. The molecule has 1 fully saturated rings. The van der Waals surface area contributed by atoms with Crippen molar-refractivity contribution in [3.63, 3.8) is 0 Å². The number of hydrogen-bond donors (Lipinski definition) is 8. The fraction of sp³-hybridized carbons (Fsp3) is 0.952. The van der Waals surface area contributed by atoms with Crippen LogP contribution in [0.15, 0.2) is 12.2 Å². The summed E-state index contributed by atoms with van der Waals surface area (Å²) in [6, 6.07) is -1.18. The molecular formula is C62H121NO10. The van der Waals surface area contributed by atoms with Crippen LogP contribution in [0.5, 0.6) is 0 Å². The van der Waals surface area contributed by atoms with Crippen LogP contribution in [0, 0.1) is 0 Å². The second-order valence-corrected chi connectivity index (χ2v) is 22.5. The Labute approximate surface area is 449 Å². The Bertz CT molecular complexity index is 1190. The van der Waals surface area contributed by atoms with Crippen molar-refractivity contribution in [1.29, 1.82) is 0 Å². The third-order valence-electron chi connectivity index (χ3n) is 15.6. The summed E-state index contributed by atoms with van der Waals surface area (Å²) in [6.45, 7) is 3.47. The minimum absolute atomic E-state index is 0.260. The molecule has 0 saturated carbocycles. The van der Waals surface area contributed by atoms with Crippen molar-refractivity contribution in [1.82, 2.24) is 5.32 Å². The summed E-state index contributed by atoms with van der Waals surface area (Å²) in [4.78, 5) is 13.2. The van der Waals surface area contributed by atoms with Gasteiger partial charge in [0.05, 0.1) is 25.4 Å². The molecule has 73 heavy (non-hydrogen) atoms. The number of carbonyl (C=O) groups is 1. The number of hydrogen-bond acceptors (Lipinski definition) is 10. The third-order valence-corrected chi connectivity index (χ3v) is 15.6. The van der Waals surface area contributed by atoms with Crippen LogP contribution in [0.4, 0.5) is 0 Å². The van der Waals surface area contributed by atoms with Crippen molar-refractivity contribution in [2.75, 3.05) is 13.2 Å². The summed E-state index contributed by atoms with van der Waals surface area (Å²) < 4.78 is 11.1. The van der Waals surface area contributed by atoms with Crippen LogP contribution in [0.3, 0.4) is 0 Å². The Morgan fingerprint density at radius 1 is 0.466 bits per heavy atom. The first-order valence-corrected chi connectivity index (χ1v) is 31.6. The lowest BCUT2D eigenvalue weighted by Gasteiger charge is -2.40. The zero-order valence-electron chi connectivity index (χ0n) is 47.6. The number of aliphatic hydroxyl groups excluding tert-OH is 7. The van der Waals surface area contributed by atoms with Crippen LogP contribution >= 0.6 is 0 Å². The molecule has 1 aliphatic heterocycles. The van der Waals surface area contributed by atoms with E-state index in [1.54, 1.807) is 0 Å². The van der Waals surface area contributed by atoms with Crippen LogP contribution in [0.1, 0.15) is 309 Å². The molecule has 9 unspecified atom stereocenters. The van der Waals surface area contributed by atoms with Gasteiger partial charge >= 0.3 is 0 Å². The van der Waals surface area contributed by atoms with E-state index in [2.05, 4.69) is 31.3 Å². The Hall–Kier alpha value is -1.15. The molecule has 0 spiro atoms. The lowest BCUT2D eigenvalue weighted by Crippen LogP contribution is -2.60. The van der Waals surface area contributed by atoms with Gasteiger partial charge < -0.3 is 50.5 Å². The summed E-state index contributed by atoms with van der Waals surface area (Å²) in [5.41, 5.74) is 0. The summed E-state index contributed by atoms with van der Waals surface area (Å²) in [5.74, 6) is -0.700. The van der Waals surface area contributed by atoms with Crippen molar-refractivity contribution < 1.29 is 50.0 Å². The van der Waals surface area contributed by atoms with E-state index in [0.29, 0.717) is 12.8 Å². The fourth-order valence-electron chi connectivity index (χ4n) is 10.4. The van der Waals surface area contributed by atoms with E-state index in [1.807, 2.05) is 0 Å². The molecule has 1 saturated heterocycles. The molecule has 1 aliphatic rings. The topological polar surface area (TPSA) is 189 Å². The maximum absolute atomic E-state index is 13.2. The molecular weight excluding hydrogens is 919 g/mol. The lowest BCUT2D eigenvalue weighted by atomic mass is 9.98. The molecule has 1 heterocycles. The monoisotopic (exact) mass is 1040 g/mol. The predicted octanol–water partition coefficient (Wildman–Crippen LogP) is 13.9. The maximum Gasteiger partial charge on any atom is 0.249 e. The van der Waals surface area contributed by atoms with Crippen LogP contribution in [-0.2, 0) is 14.3 Å². The van der Waals surface area contributed by atoms with Crippen LogP contribution < -0.4 is 5.32 Å². The Balaban J connectivity index is 2.17. The zero-order chi connectivity index (χ0) is 53.3. The standard InChI is InChI=1S/C62H121NO10/c1-3-5-7-9-11-13-15-17-19-20-21-22-23-24-25-26-27-28-29-30-31-32-33-34-35-36-38-40-42-44-46-48-50-55(66)61(71)63-53(52-72-62-60(70)59(69)58(68)56(51-64)73-62)57(67)54(65)49-47-45-43-41-39-37-18-16-14-12-10-8-6-4-2/h41,43,53-60,62,64-70H,3-40,42,44-52H2,1-2H3,(H,63,71)/b43-41+. The number of amides is 1. The molecule has 8 N–H and O–H groups in total. The van der Waals surface area contributed by atoms with Gasteiger partial charge in [-0.2, -0.15) is 0 Å². The second-order valence-electron chi connectivity index (χ2n) is 22.5. The lowest BCUT2D eigenvalue weighted by molar-refractivity contribution is -0.303. The zero-order valence-corrected chi connectivity index (χ0v) is 47.6. The average molecular weight is 1040 g/mol. The fourth-order valence-corrected chi connectivity index (χ4v) is 10.4. The number of allylic oxidation sites excluding steroid dienone is 2. The number of rotatable bonds is 55. The Morgan fingerprint density at radius 2 is 0.808 bits per heavy atom. The van der Waals surface area contributed by atoms with E-state index in [9.17, 15) is 40.5 Å². The average Bonchev–Trinajstić information content (AvgIpc) is 3.39. The Morgan fingerprint density at radius 3 is 1.18 bits per heavy atom. The molecule has 0 aromatic heterocycles. The highest BCUT2D eigenvalue weighted by molar-refractivity contribution is 5.80. The van der Waals surface area contributed by atoms with Gasteiger partial charge in [0.1, 0.15) is 36.6 Å². The molecule has 0 aliphatic carbocycles. The molecule has 0 bridgehead atoms. The highest BCUT2D eigenvalue weighted by Gasteiger charge is 2.44. The smallest absolute Gasteiger partial charge is 0.249 e. The number of nitrogens with one attached hydrogen (secondary N) is 1. The summed E-state index contributed by atoms with van der Waals surface area (Å²) in [5, 5.41) is 76.1. The van der Waals surface area contributed by atoms with E-state index < -0.39 is 74.2 Å². The van der Waals surface area contributed by atoms with Crippen LogP contribution in [0.25, 0.3) is 0 Å². The van der Waals surface area contributed by atoms with E-state index in [0.717, 1.165) is 38.5 Å². The van der Waals surface area contributed by atoms with Gasteiger partial charge in [0.2, 0.25) is 5.91 Å². The highest BCUT2D eigenvalue weighted by Crippen LogP contribution is 2.24. The number of aliphatic hydroxyl groups is 7. The SMILES string of the molecule is CCCCCCCCCCC/C=C/CCCC(O)C(O)C(COC1OC(CO)C(O)C(O)C1O)NC(=O)C(O)CCCCCCCCCCCCCCCCCCCCCCCCCCCCCCCCCC. The number of carbonyl (C=O) groups excluding carboxylic acids is 1. The second kappa shape index (κ2) is 51.6. The Kier molecular flexibility index (Phi) is 49.4. The highest BCUT2D eigenvalue weighted by atomic mass is 16.7. The predicted molar refractivity (Wildman–Crippen MR) is 303 cm³/mol. The molecule has 11 nitrogen and oxygen atoms in total. The van der Waals surface area contributed by atoms with Crippen molar-refractivity contribution in [2.45, 2.75) is 364 Å². The first-order chi connectivity index (χ1) is 35.7. The quantitative estimate of drug-likeness (QED) is 0.0215. The van der Waals surface area contributed by atoms with Crippen molar-refractivity contribution in [3.05, 3.63) is 12.2 Å². The molecule has 434 valence electrons. The van der Waals surface area contributed by atoms with Crippen molar-refractivity contribution in [3.8, 4) is 0 Å². The minimum Gasteiger partial charge on any atom is -0.394 e.